The number of fused-ring (bicyclic) bond motifs is 1. The molecule has 5 atom stereocenters. The highest BCUT2D eigenvalue weighted by Crippen LogP contribution is 2.43. The summed E-state index contributed by atoms with van der Waals surface area (Å²) in [6.07, 6.45) is -4.27. The van der Waals surface area contributed by atoms with Crippen LogP contribution >= 0.6 is 0 Å². The average molecular weight is 447 g/mol. The lowest BCUT2D eigenvalue weighted by Gasteiger charge is -2.26. The van der Waals surface area contributed by atoms with Crippen LogP contribution in [0.25, 0.3) is 0 Å². The minimum atomic E-state index is -1.67. The van der Waals surface area contributed by atoms with Gasteiger partial charge in [0.15, 0.2) is 18.1 Å². The van der Waals surface area contributed by atoms with Crippen molar-refractivity contribution < 1.29 is 28.8 Å². The minimum absolute atomic E-state index is 0.213. The number of nitrogens with zero attached hydrogens (tertiary/aromatic N) is 2. The third kappa shape index (κ3) is 4.25. The molecule has 3 N–H and O–H groups in total. The number of ether oxygens (including phenoxy) is 4. The van der Waals surface area contributed by atoms with E-state index in [0.29, 0.717) is 0 Å². The third-order valence-electron chi connectivity index (χ3n) is 5.37. The summed E-state index contributed by atoms with van der Waals surface area (Å²) in [6, 6.07) is 10.5. The Balaban J connectivity index is 1.60. The molecule has 2 aliphatic rings. The van der Waals surface area contributed by atoms with Gasteiger partial charge in [-0.3, -0.25) is 14.2 Å². The largest absolute Gasteiger partial charge is 0.380 e. The Morgan fingerprint density at radius 2 is 1.88 bits per heavy atom. The molecule has 2 saturated heterocycles. The average Bonchev–Trinajstić information content (AvgIpc) is 3.24. The first-order valence-corrected chi connectivity index (χ1v) is 10.1. The maximum atomic E-state index is 13.1. The summed E-state index contributed by atoms with van der Waals surface area (Å²) in [5.41, 5.74) is 4.87. The van der Waals surface area contributed by atoms with Gasteiger partial charge in [-0.25, -0.2) is 9.36 Å². The number of carbonyl (C=O) groups excluding carboxylic acids is 1. The first-order valence-electron chi connectivity index (χ1n) is 10.1. The smallest absolute Gasteiger partial charge is 0.335 e. The van der Waals surface area contributed by atoms with E-state index in [4.69, 9.17) is 24.7 Å². The van der Waals surface area contributed by atoms with Crippen LogP contribution in [0.5, 0.6) is 0 Å². The van der Waals surface area contributed by atoms with E-state index in [9.17, 15) is 19.5 Å². The monoisotopic (exact) mass is 447 g/mol. The van der Waals surface area contributed by atoms with E-state index in [1.165, 1.54) is 12.3 Å². The van der Waals surface area contributed by atoms with Gasteiger partial charge in [0.2, 0.25) is 5.91 Å². The van der Waals surface area contributed by atoms with E-state index in [1.807, 2.05) is 30.3 Å². The Morgan fingerprint density at radius 3 is 2.56 bits per heavy atom. The molecule has 0 spiro atoms. The van der Waals surface area contributed by atoms with Crippen LogP contribution < -0.4 is 17.0 Å². The van der Waals surface area contributed by atoms with E-state index < -0.39 is 53.6 Å². The van der Waals surface area contributed by atoms with Gasteiger partial charge in [0.25, 0.3) is 5.56 Å². The Bertz CT molecular complexity index is 1100. The summed E-state index contributed by atoms with van der Waals surface area (Å²) in [5.74, 6) is -2.03. The van der Waals surface area contributed by atoms with Crippen LogP contribution in [0.3, 0.4) is 0 Å². The van der Waals surface area contributed by atoms with Gasteiger partial charge < -0.3 is 29.8 Å². The molecule has 0 saturated carbocycles. The predicted molar refractivity (Wildman–Crippen MR) is 109 cm³/mol. The summed E-state index contributed by atoms with van der Waals surface area (Å²) in [6.45, 7) is 3.27. The minimum Gasteiger partial charge on any atom is -0.380 e. The van der Waals surface area contributed by atoms with Crippen LogP contribution in [0.15, 0.2) is 52.2 Å². The summed E-state index contributed by atoms with van der Waals surface area (Å²) in [4.78, 5) is 37.0. The Hall–Kier alpha value is -2.83. The van der Waals surface area contributed by atoms with Crippen molar-refractivity contribution in [3.8, 4) is 0 Å². The first kappa shape index (κ1) is 22.4. The molecule has 11 heteroatoms. The molecular formula is C21H25N3O8. The van der Waals surface area contributed by atoms with Crippen molar-refractivity contribution >= 4 is 5.91 Å². The van der Waals surface area contributed by atoms with Crippen LogP contribution in [0.2, 0.25) is 0 Å². The number of carbonyl (C=O) groups is 1. The molecule has 3 heterocycles. The Kier molecular flexibility index (Phi) is 6.01. The zero-order valence-electron chi connectivity index (χ0n) is 17.6. The van der Waals surface area contributed by atoms with Crippen molar-refractivity contribution in [2.24, 2.45) is 5.73 Å². The summed E-state index contributed by atoms with van der Waals surface area (Å²) in [7, 11) is 0. The maximum absolute atomic E-state index is 13.1. The van der Waals surface area contributed by atoms with Gasteiger partial charge in [0.05, 0.1) is 6.61 Å². The first-order chi connectivity index (χ1) is 15.2. The van der Waals surface area contributed by atoms with Crippen molar-refractivity contribution in [1.82, 2.24) is 9.13 Å². The summed E-state index contributed by atoms with van der Waals surface area (Å²) < 4.78 is 25.1. The van der Waals surface area contributed by atoms with Crippen LogP contribution in [0, 0.1) is 0 Å². The number of aromatic nitrogens is 2. The molecule has 2 fully saturated rings. The molecule has 1 aromatic heterocycles. The Labute approximate surface area is 182 Å². The predicted octanol–water partition coefficient (Wildman–Crippen LogP) is -0.552. The molecule has 0 aliphatic carbocycles. The number of benzene rings is 1. The number of primary amides is 1. The van der Waals surface area contributed by atoms with Crippen LogP contribution in [-0.4, -0.2) is 50.4 Å². The van der Waals surface area contributed by atoms with Crippen molar-refractivity contribution in [3.05, 3.63) is 69.0 Å². The fraction of sp³-hybridized carbons (Fsp3) is 0.476. The van der Waals surface area contributed by atoms with Crippen molar-refractivity contribution in [3.63, 3.8) is 0 Å². The fourth-order valence-electron chi connectivity index (χ4n) is 3.92. The van der Waals surface area contributed by atoms with E-state index in [1.54, 1.807) is 13.8 Å². The molecule has 1 aromatic carbocycles. The number of aliphatic hydroxyl groups excluding tert-OH is 1. The van der Waals surface area contributed by atoms with E-state index >= 15 is 0 Å². The molecule has 2 aromatic rings. The van der Waals surface area contributed by atoms with Crippen LogP contribution in [0.1, 0.15) is 25.6 Å². The lowest BCUT2D eigenvalue weighted by atomic mass is 10.1. The quantitative estimate of drug-likeness (QED) is 0.575. The van der Waals surface area contributed by atoms with E-state index in [0.717, 1.165) is 14.7 Å². The molecule has 2 aliphatic heterocycles. The lowest BCUT2D eigenvalue weighted by molar-refractivity contribution is -0.208. The van der Waals surface area contributed by atoms with Gasteiger partial charge in [-0.2, -0.15) is 0 Å². The maximum Gasteiger partial charge on any atom is 0.335 e. The van der Waals surface area contributed by atoms with Crippen LogP contribution in [0.4, 0.5) is 0 Å². The van der Waals surface area contributed by atoms with E-state index in [2.05, 4.69) is 0 Å². The number of aliphatic hydroxyl groups is 1. The molecular weight excluding hydrogens is 422 g/mol. The highest BCUT2D eigenvalue weighted by atomic mass is 16.8. The molecule has 11 nitrogen and oxygen atoms in total. The molecule has 172 valence electrons. The van der Waals surface area contributed by atoms with Gasteiger partial charge in [-0.05, 0) is 19.4 Å². The SMILES string of the molecule is CC1(C)O[C@H]2[C@@H](O1)[C@H](n1ccc(=O)n(COCc3ccccc3)c1=O)O[C@@H]2[C@@H](O)C(N)=O. The summed E-state index contributed by atoms with van der Waals surface area (Å²) >= 11 is 0. The lowest BCUT2D eigenvalue weighted by Crippen LogP contribution is -2.45. The third-order valence-corrected chi connectivity index (χ3v) is 5.37. The zero-order chi connectivity index (χ0) is 23.0. The standard InChI is InChI=1S/C21H25N3O8/c1-21(2)31-16-15(14(26)18(22)27)30-19(17(16)32-21)23-9-8-13(25)24(20(23)28)11-29-10-12-6-4-3-5-7-12/h3-9,14-17,19,26H,10-11H2,1-2H3,(H2,22,27)/t14-,15-,16-,17-,19-/m1/s1. The normalized spacial score (nSPS) is 27.2. The number of hydrogen-bond donors (Lipinski definition) is 2. The molecule has 32 heavy (non-hydrogen) atoms. The summed E-state index contributed by atoms with van der Waals surface area (Å²) in [5, 5.41) is 10.2. The second-order valence-electron chi connectivity index (χ2n) is 8.14. The highest BCUT2D eigenvalue weighted by Gasteiger charge is 2.58. The second-order valence-corrected chi connectivity index (χ2v) is 8.14. The van der Waals surface area contributed by atoms with Gasteiger partial charge >= 0.3 is 5.69 Å². The van der Waals surface area contributed by atoms with Gasteiger partial charge in [0, 0.05) is 12.3 Å². The Morgan fingerprint density at radius 1 is 1.19 bits per heavy atom. The second kappa shape index (κ2) is 8.60. The number of hydrogen-bond acceptors (Lipinski definition) is 8. The highest BCUT2D eigenvalue weighted by molar-refractivity contribution is 5.79. The topological polar surface area (TPSA) is 144 Å². The van der Waals surface area contributed by atoms with Gasteiger partial charge in [-0.15, -0.1) is 0 Å². The van der Waals surface area contributed by atoms with Crippen molar-refractivity contribution in [2.75, 3.05) is 0 Å². The van der Waals surface area contributed by atoms with Gasteiger partial charge in [0.1, 0.15) is 25.0 Å². The number of amides is 1. The molecule has 0 unspecified atom stereocenters. The fourth-order valence-corrected chi connectivity index (χ4v) is 3.92. The molecule has 0 bridgehead atoms. The molecule has 1 amide bonds. The van der Waals surface area contributed by atoms with Crippen molar-refractivity contribution in [1.29, 1.82) is 0 Å². The van der Waals surface area contributed by atoms with Crippen LogP contribution in [-0.2, 0) is 37.1 Å². The van der Waals surface area contributed by atoms with E-state index in [-0.39, 0.29) is 13.3 Å². The number of nitrogens with two attached hydrogens (primary N) is 1. The van der Waals surface area contributed by atoms with Crippen molar-refractivity contribution in [2.45, 2.75) is 63.6 Å². The molecule has 0 radical (unpaired) electrons. The zero-order valence-corrected chi connectivity index (χ0v) is 17.6. The van der Waals surface area contributed by atoms with Gasteiger partial charge in [-0.1, -0.05) is 30.3 Å². The number of rotatable bonds is 7. The molecule has 4 rings (SSSR count).